The Morgan fingerprint density at radius 1 is 1.03 bits per heavy atom. The molecule has 0 aliphatic rings. The summed E-state index contributed by atoms with van der Waals surface area (Å²) in [5, 5.41) is 12.4. The van der Waals surface area contributed by atoms with E-state index < -0.39 is 4.92 Å². The molecule has 0 N–H and O–H groups in total. The zero-order chi connectivity index (χ0) is 22.0. The highest BCUT2D eigenvalue weighted by atomic mass is 32.1. The fourth-order valence-electron chi connectivity index (χ4n) is 3.13. The molecule has 0 fully saturated rings. The minimum absolute atomic E-state index is 0.109. The second-order valence-corrected chi connectivity index (χ2v) is 7.85. The van der Waals surface area contributed by atoms with Gasteiger partial charge in [0.05, 0.1) is 46.7 Å². The number of nitrogens with zero attached hydrogens (tertiary/aromatic N) is 3. The monoisotopic (exact) mass is 433 g/mol. The first-order chi connectivity index (χ1) is 15.0. The van der Waals surface area contributed by atoms with Crippen LogP contribution in [0.5, 0.6) is 11.5 Å². The number of benzene rings is 3. The lowest BCUT2D eigenvalue weighted by molar-refractivity contribution is -0.385. The summed E-state index contributed by atoms with van der Waals surface area (Å²) in [6.07, 6.45) is 1.45. The van der Waals surface area contributed by atoms with Gasteiger partial charge in [-0.05, 0) is 55.0 Å². The van der Waals surface area contributed by atoms with Crippen LogP contribution in [0.2, 0.25) is 0 Å². The van der Waals surface area contributed by atoms with Crippen molar-refractivity contribution >= 4 is 39.1 Å². The number of ether oxygens (including phenoxy) is 2. The van der Waals surface area contributed by atoms with Crippen molar-refractivity contribution in [2.45, 2.75) is 6.92 Å². The van der Waals surface area contributed by atoms with Gasteiger partial charge in [-0.25, -0.2) is 4.98 Å². The van der Waals surface area contributed by atoms with Crippen molar-refractivity contribution in [2.75, 3.05) is 14.2 Å². The highest BCUT2D eigenvalue weighted by molar-refractivity contribution is 7.21. The molecule has 0 aliphatic heterocycles. The molecule has 0 aliphatic carbocycles. The molecule has 1 heterocycles. The van der Waals surface area contributed by atoms with Gasteiger partial charge in [-0.3, -0.25) is 15.1 Å². The van der Waals surface area contributed by atoms with Crippen molar-refractivity contribution in [1.82, 2.24) is 4.98 Å². The fourth-order valence-corrected chi connectivity index (χ4v) is 4.20. The third-order valence-corrected chi connectivity index (χ3v) is 5.81. The van der Waals surface area contributed by atoms with E-state index in [4.69, 9.17) is 14.5 Å². The van der Waals surface area contributed by atoms with Crippen molar-refractivity contribution < 1.29 is 14.4 Å². The zero-order valence-corrected chi connectivity index (χ0v) is 18.0. The molecule has 4 aromatic rings. The Hall–Kier alpha value is -3.78. The predicted molar refractivity (Wildman–Crippen MR) is 123 cm³/mol. The number of fused-ring (bicyclic) bond motifs is 1. The number of methoxy groups -OCH3 is 2. The lowest BCUT2D eigenvalue weighted by atomic mass is 10.1. The van der Waals surface area contributed by atoms with E-state index in [1.807, 2.05) is 30.3 Å². The van der Waals surface area contributed by atoms with Crippen LogP contribution in [0.4, 0.5) is 11.4 Å². The van der Waals surface area contributed by atoms with E-state index in [1.54, 1.807) is 11.3 Å². The molecule has 4 rings (SSSR count). The van der Waals surface area contributed by atoms with E-state index in [1.165, 1.54) is 38.1 Å². The van der Waals surface area contributed by atoms with Gasteiger partial charge in [0.25, 0.3) is 5.69 Å². The number of rotatable bonds is 6. The van der Waals surface area contributed by atoms with Crippen molar-refractivity contribution in [3.05, 3.63) is 75.8 Å². The topological polar surface area (TPSA) is 86.9 Å². The average Bonchev–Trinajstić information content (AvgIpc) is 3.20. The summed E-state index contributed by atoms with van der Waals surface area (Å²) in [4.78, 5) is 20.1. The van der Waals surface area contributed by atoms with E-state index in [0.29, 0.717) is 22.7 Å². The Balaban J connectivity index is 1.62. The van der Waals surface area contributed by atoms with Gasteiger partial charge in [0.1, 0.15) is 5.01 Å². The van der Waals surface area contributed by atoms with Crippen LogP contribution in [0.1, 0.15) is 11.1 Å². The molecular formula is C23H19N3O4S. The van der Waals surface area contributed by atoms with E-state index in [9.17, 15) is 10.1 Å². The normalized spacial score (nSPS) is 11.2. The van der Waals surface area contributed by atoms with Crippen LogP contribution in [0.15, 0.2) is 59.6 Å². The van der Waals surface area contributed by atoms with Gasteiger partial charge in [0.2, 0.25) is 0 Å². The molecule has 0 saturated heterocycles. The van der Waals surface area contributed by atoms with Gasteiger partial charge >= 0.3 is 0 Å². The van der Waals surface area contributed by atoms with Gasteiger partial charge in [-0.2, -0.15) is 0 Å². The molecule has 3 aromatic carbocycles. The maximum absolute atomic E-state index is 11.4. The van der Waals surface area contributed by atoms with Gasteiger partial charge in [0, 0.05) is 11.8 Å². The number of hydrogen-bond donors (Lipinski definition) is 0. The Bertz CT molecular complexity index is 1300. The zero-order valence-electron chi connectivity index (χ0n) is 17.2. The highest BCUT2D eigenvalue weighted by Gasteiger charge is 2.18. The number of nitro benzene ring substituents is 1. The summed E-state index contributed by atoms with van der Waals surface area (Å²) >= 11 is 1.64. The fraction of sp³-hybridized carbons (Fsp3) is 0.130. The van der Waals surface area contributed by atoms with Crippen LogP contribution in [0, 0.1) is 17.0 Å². The largest absolute Gasteiger partial charge is 0.493 e. The summed E-state index contributed by atoms with van der Waals surface area (Å²) in [5.74, 6) is 0.692. The Labute approximate surface area is 182 Å². The van der Waals surface area contributed by atoms with E-state index in [2.05, 4.69) is 24.0 Å². The first kappa shape index (κ1) is 20.5. The quantitative estimate of drug-likeness (QED) is 0.213. The third kappa shape index (κ3) is 4.24. The molecular weight excluding hydrogens is 414 g/mol. The summed E-state index contributed by atoms with van der Waals surface area (Å²) in [6, 6.07) is 16.7. The first-order valence-corrected chi connectivity index (χ1v) is 10.2. The number of aryl methyl sites for hydroxylation is 1. The molecule has 0 bridgehead atoms. The van der Waals surface area contributed by atoms with Gasteiger partial charge < -0.3 is 9.47 Å². The molecule has 0 spiro atoms. The van der Waals surface area contributed by atoms with Crippen LogP contribution < -0.4 is 9.47 Å². The number of aliphatic imine (C=N–C) groups is 1. The van der Waals surface area contributed by atoms with Crippen LogP contribution in [-0.4, -0.2) is 30.3 Å². The molecule has 156 valence electrons. The lowest BCUT2D eigenvalue weighted by Gasteiger charge is -2.08. The molecule has 7 nitrogen and oxygen atoms in total. The molecule has 0 amide bonds. The molecule has 0 atom stereocenters. The summed E-state index contributed by atoms with van der Waals surface area (Å²) < 4.78 is 11.5. The van der Waals surface area contributed by atoms with Crippen molar-refractivity contribution in [3.63, 3.8) is 0 Å². The standard InChI is InChI=1S/C23H19N3O4S/c1-14-4-9-18-22(10-14)31-23(25-18)15-5-7-17(8-6-15)24-13-16-11-20(29-2)21(30-3)12-19(16)26(27)28/h4-13H,1-3H3. The van der Waals surface area contributed by atoms with Crippen LogP contribution in [0.25, 0.3) is 20.8 Å². The van der Waals surface area contributed by atoms with Gasteiger partial charge in [-0.15, -0.1) is 11.3 Å². The van der Waals surface area contributed by atoms with E-state index >= 15 is 0 Å². The number of nitro groups is 1. The minimum atomic E-state index is -0.471. The molecule has 0 saturated carbocycles. The second-order valence-electron chi connectivity index (χ2n) is 6.82. The third-order valence-electron chi connectivity index (χ3n) is 4.74. The number of thiazole rings is 1. The summed E-state index contributed by atoms with van der Waals surface area (Å²) in [7, 11) is 2.91. The Morgan fingerprint density at radius 3 is 2.42 bits per heavy atom. The minimum Gasteiger partial charge on any atom is -0.493 e. The molecule has 0 radical (unpaired) electrons. The SMILES string of the molecule is COc1cc(C=Nc2ccc(-c3nc4ccc(C)cc4s3)cc2)c([N+](=O)[O-])cc1OC. The van der Waals surface area contributed by atoms with E-state index in [-0.39, 0.29) is 5.69 Å². The molecule has 0 unspecified atom stereocenters. The van der Waals surface area contributed by atoms with Crippen molar-refractivity contribution in [3.8, 4) is 22.1 Å². The number of hydrogen-bond acceptors (Lipinski definition) is 7. The van der Waals surface area contributed by atoms with Crippen molar-refractivity contribution in [2.24, 2.45) is 4.99 Å². The summed E-state index contributed by atoms with van der Waals surface area (Å²) in [5.41, 5.74) is 4.07. The average molecular weight is 433 g/mol. The molecule has 1 aromatic heterocycles. The van der Waals surface area contributed by atoms with Crippen LogP contribution in [0.3, 0.4) is 0 Å². The molecule has 8 heteroatoms. The number of aromatic nitrogens is 1. The maximum Gasteiger partial charge on any atom is 0.282 e. The van der Waals surface area contributed by atoms with Crippen LogP contribution in [-0.2, 0) is 0 Å². The summed E-state index contributed by atoms with van der Waals surface area (Å²) in [6.45, 7) is 2.06. The highest BCUT2D eigenvalue weighted by Crippen LogP contribution is 2.34. The van der Waals surface area contributed by atoms with Crippen LogP contribution >= 0.6 is 11.3 Å². The lowest BCUT2D eigenvalue weighted by Crippen LogP contribution is -1.98. The van der Waals surface area contributed by atoms with Crippen molar-refractivity contribution in [1.29, 1.82) is 0 Å². The smallest absolute Gasteiger partial charge is 0.282 e. The van der Waals surface area contributed by atoms with Gasteiger partial charge in [-0.1, -0.05) is 6.07 Å². The first-order valence-electron chi connectivity index (χ1n) is 9.40. The Kier molecular flexibility index (Phi) is 5.64. The van der Waals surface area contributed by atoms with E-state index in [0.717, 1.165) is 20.8 Å². The molecule has 31 heavy (non-hydrogen) atoms. The maximum atomic E-state index is 11.4. The Morgan fingerprint density at radius 2 is 1.74 bits per heavy atom. The van der Waals surface area contributed by atoms with Gasteiger partial charge in [0.15, 0.2) is 11.5 Å². The predicted octanol–water partition coefficient (Wildman–Crippen LogP) is 5.95. The second kappa shape index (κ2) is 8.53.